The SMILES string of the molecule is O=C(CCC(=O)NNC(=O)COc1c(Cl)cc(Cl)cc1Br)NCc1ccccc1. The molecule has 10 heteroatoms. The Hall–Kier alpha value is -2.29. The van der Waals surface area contributed by atoms with Gasteiger partial charge in [0.15, 0.2) is 12.4 Å². The number of nitrogens with one attached hydrogen (secondary N) is 3. The van der Waals surface area contributed by atoms with E-state index >= 15 is 0 Å². The second-order valence-electron chi connectivity index (χ2n) is 5.85. The summed E-state index contributed by atoms with van der Waals surface area (Å²) in [7, 11) is 0. The Morgan fingerprint density at radius 2 is 1.59 bits per heavy atom. The molecule has 0 bridgehead atoms. The number of rotatable bonds is 8. The minimum atomic E-state index is -0.593. The van der Waals surface area contributed by atoms with Crippen LogP contribution in [0, 0.1) is 0 Å². The molecule has 29 heavy (non-hydrogen) atoms. The largest absolute Gasteiger partial charge is 0.481 e. The molecule has 0 aliphatic heterocycles. The molecule has 0 unspecified atom stereocenters. The molecule has 7 nitrogen and oxygen atoms in total. The van der Waals surface area contributed by atoms with Crippen LogP contribution in [0.5, 0.6) is 5.75 Å². The maximum Gasteiger partial charge on any atom is 0.276 e. The smallest absolute Gasteiger partial charge is 0.276 e. The molecule has 0 saturated carbocycles. The number of hydrazine groups is 1. The highest BCUT2D eigenvalue weighted by atomic mass is 79.9. The molecule has 0 aromatic heterocycles. The van der Waals surface area contributed by atoms with Crippen molar-refractivity contribution in [2.75, 3.05) is 6.61 Å². The van der Waals surface area contributed by atoms with Crippen molar-refractivity contribution in [1.29, 1.82) is 0 Å². The van der Waals surface area contributed by atoms with Gasteiger partial charge < -0.3 is 10.1 Å². The molecule has 0 saturated heterocycles. The zero-order valence-electron chi connectivity index (χ0n) is 15.1. The van der Waals surface area contributed by atoms with E-state index < -0.39 is 11.8 Å². The Morgan fingerprint density at radius 3 is 2.28 bits per heavy atom. The number of carbonyl (C=O) groups is 3. The van der Waals surface area contributed by atoms with Crippen LogP contribution in [0.2, 0.25) is 10.0 Å². The van der Waals surface area contributed by atoms with E-state index in [0.717, 1.165) is 5.56 Å². The zero-order chi connectivity index (χ0) is 21.2. The molecule has 2 aromatic rings. The summed E-state index contributed by atoms with van der Waals surface area (Å²) in [5, 5.41) is 3.37. The molecule has 0 radical (unpaired) electrons. The zero-order valence-corrected chi connectivity index (χ0v) is 18.2. The minimum Gasteiger partial charge on any atom is -0.481 e. The quantitative estimate of drug-likeness (QED) is 0.482. The van der Waals surface area contributed by atoms with Gasteiger partial charge in [-0.05, 0) is 33.6 Å². The fraction of sp³-hybridized carbons (Fsp3) is 0.211. The Morgan fingerprint density at radius 1 is 0.931 bits per heavy atom. The summed E-state index contributed by atoms with van der Waals surface area (Å²) in [5.41, 5.74) is 5.39. The first-order valence-corrected chi connectivity index (χ1v) is 10.1. The third-order valence-electron chi connectivity index (χ3n) is 3.56. The van der Waals surface area contributed by atoms with Crippen LogP contribution in [0.1, 0.15) is 18.4 Å². The molecule has 3 N–H and O–H groups in total. The lowest BCUT2D eigenvalue weighted by Crippen LogP contribution is -2.44. The van der Waals surface area contributed by atoms with Crippen molar-refractivity contribution in [3.05, 3.63) is 62.5 Å². The topological polar surface area (TPSA) is 96.5 Å². The number of hydrogen-bond donors (Lipinski definition) is 3. The first kappa shape index (κ1) is 23.0. The number of carbonyl (C=O) groups excluding carboxylic acids is 3. The van der Waals surface area contributed by atoms with Crippen molar-refractivity contribution in [2.45, 2.75) is 19.4 Å². The Labute approximate surface area is 186 Å². The second kappa shape index (κ2) is 11.6. The van der Waals surface area contributed by atoms with E-state index in [0.29, 0.717) is 16.0 Å². The molecule has 2 rings (SSSR count). The highest BCUT2D eigenvalue weighted by molar-refractivity contribution is 9.10. The molecule has 0 spiro atoms. The molecule has 154 valence electrons. The van der Waals surface area contributed by atoms with Gasteiger partial charge in [0.25, 0.3) is 5.91 Å². The molecule has 0 aliphatic carbocycles. The van der Waals surface area contributed by atoms with Gasteiger partial charge in [-0.25, -0.2) is 0 Å². The van der Waals surface area contributed by atoms with Crippen LogP contribution in [-0.4, -0.2) is 24.3 Å². The molecule has 3 amide bonds. The first-order valence-electron chi connectivity index (χ1n) is 8.51. The van der Waals surface area contributed by atoms with Crippen LogP contribution in [-0.2, 0) is 20.9 Å². The molecular formula is C19H18BrCl2N3O4. The number of halogens is 3. The van der Waals surface area contributed by atoms with Crippen molar-refractivity contribution in [3.8, 4) is 5.75 Å². The van der Waals surface area contributed by atoms with Gasteiger partial charge in [0.2, 0.25) is 11.8 Å². The monoisotopic (exact) mass is 501 g/mol. The Kier molecular flexibility index (Phi) is 9.24. The van der Waals surface area contributed by atoms with Gasteiger partial charge in [-0.1, -0.05) is 53.5 Å². The molecule has 0 fully saturated rings. The maximum atomic E-state index is 11.8. The van der Waals surface area contributed by atoms with E-state index in [2.05, 4.69) is 32.1 Å². The summed E-state index contributed by atoms with van der Waals surface area (Å²) >= 11 is 15.1. The molecule has 2 aromatic carbocycles. The number of hydrogen-bond acceptors (Lipinski definition) is 4. The van der Waals surface area contributed by atoms with Gasteiger partial charge >= 0.3 is 0 Å². The lowest BCUT2D eigenvalue weighted by molar-refractivity contribution is -0.131. The van der Waals surface area contributed by atoms with Crippen molar-refractivity contribution in [3.63, 3.8) is 0 Å². The van der Waals surface area contributed by atoms with Gasteiger partial charge in [-0.2, -0.15) is 0 Å². The Bertz CT molecular complexity index is 858. The van der Waals surface area contributed by atoms with Crippen LogP contribution in [0.15, 0.2) is 46.9 Å². The standard InChI is InChI=1S/C19H18BrCl2N3O4/c20-14-8-13(21)9-15(22)19(14)29-11-18(28)25-24-17(27)7-6-16(26)23-10-12-4-2-1-3-5-12/h1-5,8-9H,6-7,10-11H2,(H,23,26)(H,24,27)(H,25,28). The number of ether oxygens (including phenoxy) is 1. The van der Waals surface area contributed by atoms with Gasteiger partial charge in [0, 0.05) is 24.4 Å². The second-order valence-corrected chi connectivity index (χ2v) is 7.54. The average molecular weight is 503 g/mol. The molecule has 0 heterocycles. The fourth-order valence-corrected chi connectivity index (χ4v) is 3.52. The number of amides is 3. The highest BCUT2D eigenvalue weighted by Gasteiger charge is 2.12. The van der Waals surface area contributed by atoms with E-state index in [1.165, 1.54) is 6.07 Å². The normalized spacial score (nSPS) is 10.2. The molecule has 0 aliphatic rings. The van der Waals surface area contributed by atoms with Crippen LogP contribution in [0.4, 0.5) is 0 Å². The van der Waals surface area contributed by atoms with Gasteiger partial charge in [-0.15, -0.1) is 0 Å². The van der Waals surface area contributed by atoms with Gasteiger partial charge in [-0.3, -0.25) is 25.2 Å². The summed E-state index contributed by atoms with van der Waals surface area (Å²) in [6.07, 6.45) is -0.0747. The van der Waals surface area contributed by atoms with E-state index in [4.69, 9.17) is 27.9 Å². The van der Waals surface area contributed by atoms with Crippen molar-refractivity contribution in [2.24, 2.45) is 0 Å². The maximum absolute atomic E-state index is 11.8. The van der Waals surface area contributed by atoms with E-state index in [1.54, 1.807) is 6.07 Å². The highest BCUT2D eigenvalue weighted by Crippen LogP contribution is 2.35. The fourth-order valence-electron chi connectivity index (χ4n) is 2.15. The van der Waals surface area contributed by atoms with Crippen molar-refractivity contribution >= 4 is 56.9 Å². The van der Waals surface area contributed by atoms with Crippen LogP contribution in [0.3, 0.4) is 0 Å². The van der Waals surface area contributed by atoms with Crippen molar-refractivity contribution < 1.29 is 19.1 Å². The van der Waals surface area contributed by atoms with Gasteiger partial charge in [0.05, 0.1) is 9.50 Å². The van der Waals surface area contributed by atoms with Crippen LogP contribution >= 0.6 is 39.1 Å². The first-order chi connectivity index (χ1) is 13.8. The predicted octanol–water partition coefficient (Wildman–Crippen LogP) is 3.38. The van der Waals surface area contributed by atoms with E-state index in [1.807, 2.05) is 30.3 Å². The third kappa shape index (κ3) is 8.31. The predicted molar refractivity (Wildman–Crippen MR) is 113 cm³/mol. The Balaban J connectivity index is 1.64. The minimum absolute atomic E-state index is 0.00162. The van der Waals surface area contributed by atoms with E-state index in [9.17, 15) is 14.4 Å². The number of benzene rings is 2. The van der Waals surface area contributed by atoms with E-state index in [-0.39, 0.29) is 36.1 Å². The molecule has 0 atom stereocenters. The summed E-state index contributed by atoms with van der Waals surface area (Å²) in [6, 6.07) is 12.5. The summed E-state index contributed by atoms with van der Waals surface area (Å²) in [5.74, 6) is -1.10. The summed E-state index contributed by atoms with van der Waals surface area (Å²) in [4.78, 5) is 35.3. The summed E-state index contributed by atoms with van der Waals surface area (Å²) in [6.45, 7) is 0.00990. The van der Waals surface area contributed by atoms with Gasteiger partial charge in [0.1, 0.15) is 0 Å². The third-order valence-corrected chi connectivity index (χ3v) is 4.65. The molecular weight excluding hydrogens is 485 g/mol. The average Bonchev–Trinajstić information content (AvgIpc) is 2.69. The van der Waals surface area contributed by atoms with Crippen LogP contribution in [0.25, 0.3) is 0 Å². The summed E-state index contributed by atoms with van der Waals surface area (Å²) < 4.78 is 5.82. The lowest BCUT2D eigenvalue weighted by atomic mass is 10.2. The lowest BCUT2D eigenvalue weighted by Gasteiger charge is -2.11. The van der Waals surface area contributed by atoms with Crippen LogP contribution < -0.4 is 20.9 Å². The van der Waals surface area contributed by atoms with Crippen molar-refractivity contribution in [1.82, 2.24) is 16.2 Å².